The number of rotatable bonds is 0. The van der Waals surface area contributed by atoms with Crippen LogP contribution in [0, 0.1) is 16.2 Å². The maximum absolute atomic E-state index is 12.3. The van der Waals surface area contributed by atoms with Crippen LogP contribution in [0.15, 0.2) is 0 Å². The van der Waals surface area contributed by atoms with Crippen LogP contribution in [-0.4, -0.2) is 36.1 Å². The van der Waals surface area contributed by atoms with Crippen molar-refractivity contribution in [3.63, 3.8) is 0 Å². The van der Waals surface area contributed by atoms with Crippen LogP contribution in [0.3, 0.4) is 0 Å². The molecule has 3 heteroatoms. The molecule has 0 radical (unpaired) electrons. The summed E-state index contributed by atoms with van der Waals surface area (Å²) in [5.74, 6) is 0.377. The zero-order valence-corrected chi connectivity index (χ0v) is 9.59. The minimum absolute atomic E-state index is 0.188. The van der Waals surface area contributed by atoms with E-state index in [1.807, 2.05) is 20.8 Å². The van der Waals surface area contributed by atoms with Crippen molar-refractivity contribution < 1.29 is 9.59 Å². The molecule has 2 unspecified atom stereocenters. The number of hydrogen-bond acceptors (Lipinski definition) is 3. The first-order valence-corrected chi connectivity index (χ1v) is 5.62. The Labute approximate surface area is 89.8 Å². The van der Waals surface area contributed by atoms with E-state index in [0.717, 1.165) is 19.5 Å². The van der Waals surface area contributed by atoms with Gasteiger partial charge in [0.2, 0.25) is 0 Å². The normalized spacial score (nSPS) is 57.7. The van der Waals surface area contributed by atoms with Crippen LogP contribution in [0.5, 0.6) is 0 Å². The number of carbonyl (C=O) groups excluding carboxylic acids is 2. The quantitative estimate of drug-likeness (QED) is 0.553. The van der Waals surface area contributed by atoms with Crippen molar-refractivity contribution in [3.8, 4) is 0 Å². The molecule has 1 saturated carbocycles. The Hall–Kier alpha value is -0.700. The Kier molecular flexibility index (Phi) is 1.39. The zero-order chi connectivity index (χ0) is 11.1. The van der Waals surface area contributed by atoms with Crippen LogP contribution in [0.4, 0.5) is 0 Å². The highest BCUT2D eigenvalue weighted by Crippen LogP contribution is 2.57. The predicted octanol–water partition coefficient (Wildman–Crippen LogP) is 0.876. The van der Waals surface area contributed by atoms with Crippen molar-refractivity contribution in [2.24, 2.45) is 16.2 Å². The third kappa shape index (κ3) is 0.865. The van der Waals surface area contributed by atoms with Crippen molar-refractivity contribution in [2.45, 2.75) is 27.2 Å². The molecule has 3 heterocycles. The molecule has 4 bridgehead atoms. The maximum atomic E-state index is 12.3. The van der Waals surface area contributed by atoms with E-state index in [1.165, 1.54) is 0 Å². The first kappa shape index (κ1) is 9.52. The molecule has 0 spiro atoms. The number of ketones is 2. The van der Waals surface area contributed by atoms with Crippen molar-refractivity contribution in [1.29, 1.82) is 0 Å². The lowest BCUT2D eigenvalue weighted by Gasteiger charge is -2.62. The van der Waals surface area contributed by atoms with Crippen molar-refractivity contribution in [3.05, 3.63) is 0 Å². The van der Waals surface area contributed by atoms with Crippen LogP contribution in [0.1, 0.15) is 27.2 Å². The summed E-state index contributed by atoms with van der Waals surface area (Å²) < 4.78 is 0. The second-order valence-corrected chi connectivity index (χ2v) is 6.43. The first-order chi connectivity index (χ1) is 6.80. The fraction of sp³-hybridized carbons (Fsp3) is 0.833. The summed E-state index contributed by atoms with van der Waals surface area (Å²) in [6.45, 7) is 8.26. The summed E-state index contributed by atoms with van der Waals surface area (Å²) in [4.78, 5) is 26.9. The molecule has 3 aliphatic heterocycles. The summed E-state index contributed by atoms with van der Waals surface area (Å²) in [5, 5.41) is 0. The lowest BCUT2D eigenvalue weighted by molar-refractivity contribution is -0.185. The molecule has 4 rings (SSSR count). The third-order valence-electron chi connectivity index (χ3n) is 4.56. The summed E-state index contributed by atoms with van der Waals surface area (Å²) >= 11 is 0. The fourth-order valence-corrected chi connectivity index (χ4v) is 4.46. The average molecular weight is 207 g/mol. The Morgan fingerprint density at radius 1 is 0.933 bits per heavy atom. The standard InChI is InChI=1S/C12H17NO2/c1-10-4-11(2)6-13(5-10)7-12(3,8(10)14)9(11)15/h4-7H2,1-3H3. The lowest BCUT2D eigenvalue weighted by atomic mass is 9.48. The van der Waals surface area contributed by atoms with Gasteiger partial charge in [0.15, 0.2) is 11.6 Å². The lowest BCUT2D eigenvalue weighted by Crippen LogP contribution is -2.75. The van der Waals surface area contributed by atoms with Gasteiger partial charge in [0.25, 0.3) is 0 Å². The van der Waals surface area contributed by atoms with Gasteiger partial charge in [-0.1, -0.05) is 13.8 Å². The molecule has 3 nitrogen and oxygen atoms in total. The van der Waals surface area contributed by atoms with E-state index in [-0.39, 0.29) is 22.4 Å². The van der Waals surface area contributed by atoms with E-state index in [0.29, 0.717) is 6.54 Å². The second kappa shape index (κ2) is 2.19. The topological polar surface area (TPSA) is 37.4 Å². The SMILES string of the molecule is CC12CN3CC(C)(C1)C(=O)C(C)(C3)C2=O. The molecule has 2 atom stereocenters. The maximum Gasteiger partial charge on any atom is 0.154 e. The van der Waals surface area contributed by atoms with E-state index in [1.54, 1.807) is 0 Å². The van der Waals surface area contributed by atoms with Gasteiger partial charge in [0.05, 0.1) is 5.41 Å². The van der Waals surface area contributed by atoms with Crippen LogP contribution in [-0.2, 0) is 9.59 Å². The molecule has 0 aromatic carbocycles. The minimum atomic E-state index is -0.710. The molecule has 15 heavy (non-hydrogen) atoms. The van der Waals surface area contributed by atoms with Crippen molar-refractivity contribution in [1.82, 2.24) is 4.90 Å². The number of Topliss-reactive ketones (excluding diaryl/α,β-unsaturated/α-hetero) is 2. The molecule has 0 aromatic rings. The third-order valence-corrected chi connectivity index (χ3v) is 4.56. The van der Waals surface area contributed by atoms with Gasteiger partial charge in [-0.15, -0.1) is 0 Å². The molecular formula is C12H17NO2. The largest absolute Gasteiger partial charge is 0.300 e. The van der Waals surface area contributed by atoms with E-state index < -0.39 is 5.41 Å². The Morgan fingerprint density at radius 2 is 1.40 bits per heavy atom. The summed E-state index contributed by atoms with van der Waals surface area (Å²) in [5.41, 5.74) is -1.25. The van der Waals surface area contributed by atoms with E-state index in [9.17, 15) is 9.59 Å². The monoisotopic (exact) mass is 207 g/mol. The van der Waals surface area contributed by atoms with Gasteiger partial charge in [0.1, 0.15) is 0 Å². The molecule has 0 amide bonds. The van der Waals surface area contributed by atoms with Crippen LogP contribution in [0.25, 0.3) is 0 Å². The summed E-state index contributed by atoms with van der Waals surface area (Å²) in [7, 11) is 0. The molecule has 0 aromatic heterocycles. The Bertz CT molecular complexity index is 359. The van der Waals surface area contributed by atoms with Crippen molar-refractivity contribution in [2.75, 3.05) is 19.6 Å². The predicted molar refractivity (Wildman–Crippen MR) is 55.4 cm³/mol. The number of carbonyl (C=O) groups is 2. The average Bonchev–Trinajstić information content (AvgIpc) is 2.10. The molecule has 82 valence electrons. The molecule has 1 aliphatic carbocycles. The summed E-state index contributed by atoms with van der Waals surface area (Å²) in [6.07, 6.45) is 0.754. The van der Waals surface area contributed by atoms with Gasteiger partial charge >= 0.3 is 0 Å². The van der Waals surface area contributed by atoms with Crippen LogP contribution >= 0.6 is 0 Å². The molecule has 0 N–H and O–H groups in total. The van der Waals surface area contributed by atoms with Gasteiger partial charge in [-0.25, -0.2) is 0 Å². The molecule has 3 saturated heterocycles. The van der Waals surface area contributed by atoms with Gasteiger partial charge in [-0.3, -0.25) is 14.5 Å². The number of piperidine rings is 3. The zero-order valence-electron chi connectivity index (χ0n) is 9.59. The van der Waals surface area contributed by atoms with Gasteiger partial charge in [-0.05, 0) is 13.3 Å². The minimum Gasteiger partial charge on any atom is -0.300 e. The van der Waals surface area contributed by atoms with Crippen LogP contribution in [0.2, 0.25) is 0 Å². The number of nitrogens with zero attached hydrogens (tertiary/aromatic N) is 1. The van der Waals surface area contributed by atoms with E-state index >= 15 is 0 Å². The summed E-state index contributed by atoms with van der Waals surface area (Å²) in [6, 6.07) is 0. The van der Waals surface area contributed by atoms with Gasteiger partial charge in [-0.2, -0.15) is 0 Å². The van der Waals surface area contributed by atoms with Crippen LogP contribution < -0.4 is 0 Å². The highest BCUT2D eigenvalue weighted by Gasteiger charge is 2.68. The Morgan fingerprint density at radius 3 is 1.87 bits per heavy atom. The molecule has 4 fully saturated rings. The van der Waals surface area contributed by atoms with Crippen molar-refractivity contribution >= 4 is 11.6 Å². The van der Waals surface area contributed by atoms with E-state index in [2.05, 4.69) is 4.90 Å². The second-order valence-electron chi connectivity index (χ2n) is 6.43. The number of hydrogen-bond donors (Lipinski definition) is 0. The first-order valence-electron chi connectivity index (χ1n) is 5.62. The fourth-order valence-electron chi connectivity index (χ4n) is 4.46. The molecule has 4 aliphatic rings. The highest BCUT2D eigenvalue weighted by atomic mass is 16.2. The molecular weight excluding hydrogens is 190 g/mol. The highest BCUT2D eigenvalue weighted by molar-refractivity contribution is 6.14. The smallest absolute Gasteiger partial charge is 0.154 e. The van der Waals surface area contributed by atoms with E-state index in [4.69, 9.17) is 0 Å². The van der Waals surface area contributed by atoms with Gasteiger partial charge < -0.3 is 0 Å². The van der Waals surface area contributed by atoms with Gasteiger partial charge in [0, 0.05) is 30.5 Å². The Balaban J connectivity index is 2.20.